The Hall–Kier alpha value is -2.46. The van der Waals surface area contributed by atoms with E-state index in [0.29, 0.717) is 31.6 Å². The molecule has 0 fully saturated rings. The van der Waals surface area contributed by atoms with Gasteiger partial charge in [0.1, 0.15) is 19.3 Å². The third-order valence-electron chi connectivity index (χ3n) is 16.6. The fourth-order valence-electron chi connectivity index (χ4n) is 10.8. The van der Waals surface area contributed by atoms with E-state index < -0.39 is 97.5 Å². The van der Waals surface area contributed by atoms with E-state index in [2.05, 4.69) is 65.8 Å². The summed E-state index contributed by atoms with van der Waals surface area (Å²) in [5.74, 6) is -0.671. The SMILES string of the molecule is CCCCCC/C=C\C=C/CCCCCCCC(=O)OC[C@H](COP(=O)(O)OC[C@@H](O)COP(=O)(O)OC[C@@H](COC(=O)CCCCCCCCCC)OC(=O)CCCCCCCCC(C)C)OC(=O)CCCCCCCCCCCCCCCCCCCCC(C)C. The monoisotopic (exact) mass is 1360 g/mol. The molecule has 0 aromatic carbocycles. The topological polar surface area (TPSA) is 237 Å². The van der Waals surface area contributed by atoms with E-state index in [0.717, 1.165) is 121 Å². The molecule has 0 amide bonds. The first kappa shape index (κ1) is 90.5. The molecule has 17 nitrogen and oxygen atoms in total. The number of carbonyl (C=O) groups excluding carboxylic acids is 4. The minimum atomic E-state index is -4.96. The lowest BCUT2D eigenvalue weighted by atomic mass is 10.0. The number of aliphatic hydroxyl groups is 1. The van der Waals surface area contributed by atoms with Crippen LogP contribution in [0.4, 0.5) is 0 Å². The van der Waals surface area contributed by atoms with Crippen molar-refractivity contribution < 1.29 is 80.2 Å². The number of ether oxygens (including phenoxy) is 4. The fraction of sp³-hybridized carbons (Fsp3) is 0.892. The molecule has 0 aliphatic rings. The quantitative estimate of drug-likeness (QED) is 0.0169. The van der Waals surface area contributed by atoms with Gasteiger partial charge in [0.2, 0.25) is 0 Å². The van der Waals surface area contributed by atoms with Crippen molar-refractivity contribution in [3.05, 3.63) is 24.3 Å². The maximum absolute atomic E-state index is 13.1. The third kappa shape index (κ3) is 67.9. The van der Waals surface area contributed by atoms with Crippen molar-refractivity contribution in [2.75, 3.05) is 39.6 Å². The predicted molar refractivity (Wildman–Crippen MR) is 377 cm³/mol. The lowest BCUT2D eigenvalue weighted by molar-refractivity contribution is -0.161. The molecule has 0 aliphatic carbocycles. The number of allylic oxidation sites excluding steroid dienone is 4. The lowest BCUT2D eigenvalue weighted by Crippen LogP contribution is -2.30. The lowest BCUT2D eigenvalue weighted by Gasteiger charge is -2.21. The molecular weight excluding hydrogens is 1220 g/mol. The third-order valence-corrected chi connectivity index (χ3v) is 18.5. The minimum Gasteiger partial charge on any atom is -0.462 e. The van der Waals surface area contributed by atoms with Crippen LogP contribution in [0.25, 0.3) is 0 Å². The summed E-state index contributed by atoms with van der Waals surface area (Å²) in [7, 11) is -9.91. The number of rotatable bonds is 71. The molecule has 0 radical (unpaired) electrons. The highest BCUT2D eigenvalue weighted by atomic mass is 31.2. The summed E-state index contributed by atoms with van der Waals surface area (Å²) in [5, 5.41) is 10.6. The average Bonchev–Trinajstić information content (AvgIpc) is 3.74. The molecule has 93 heavy (non-hydrogen) atoms. The Morgan fingerprint density at radius 1 is 0.333 bits per heavy atom. The zero-order valence-electron chi connectivity index (χ0n) is 60.0. The van der Waals surface area contributed by atoms with Crippen molar-refractivity contribution in [3.8, 4) is 0 Å². The fourth-order valence-corrected chi connectivity index (χ4v) is 12.3. The summed E-state index contributed by atoms with van der Waals surface area (Å²) < 4.78 is 68.2. The summed E-state index contributed by atoms with van der Waals surface area (Å²) in [6, 6.07) is 0. The molecule has 0 aromatic rings. The summed E-state index contributed by atoms with van der Waals surface area (Å²) in [6.07, 6.45) is 55.3. The van der Waals surface area contributed by atoms with Crippen LogP contribution in [-0.4, -0.2) is 96.7 Å². The van der Waals surface area contributed by atoms with E-state index in [4.69, 9.17) is 37.0 Å². The zero-order valence-corrected chi connectivity index (χ0v) is 61.8. The van der Waals surface area contributed by atoms with Crippen LogP contribution in [0.2, 0.25) is 0 Å². The Bertz CT molecular complexity index is 1900. The highest BCUT2D eigenvalue weighted by molar-refractivity contribution is 7.47. The molecule has 0 bridgehead atoms. The second-order valence-electron chi connectivity index (χ2n) is 27.0. The molecule has 3 N–H and O–H groups in total. The van der Waals surface area contributed by atoms with Gasteiger partial charge in [-0.3, -0.25) is 37.3 Å². The van der Waals surface area contributed by atoms with Crippen molar-refractivity contribution in [1.82, 2.24) is 0 Å². The van der Waals surface area contributed by atoms with Gasteiger partial charge >= 0.3 is 39.5 Å². The number of hydrogen-bond acceptors (Lipinski definition) is 15. The Morgan fingerprint density at radius 2 is 0.581 bits per heavy atom. The number of esters is 4. The van der Waals surface area contributed by atoms with Gasteiger partial charge in [-0.15, -0.1) is 0 Å². The van der Waals surface area contributed by atoms with Crippen molar-refractivity contribution in [1.29, 1.82) is 0 Å². The maximum Gasteiger partial charge on any atom is 0.472 e. The van der Waals surface area contributed by atoms with Gasteiger partial charge in [-0.2, -0.15) is 0 Å². The normalized spacial score (nSPS) is 14.2. The highest BCUT2D eigenvalue weighted by Crippen LogP contribution is 2.45. The van der Waals surface area contributed by atoms with E-state index >= 15 is 0 Å². The van der Waals surface area contributed by atoms with E-state index in [1.54, 1.807) is 0 Å². The van der Waals surface area contributed by atoms with E-state index in [1.165, 1.54) is 148 Å². The summed E-state index contributed by atoms with van der Waals surface area (Å²) >= 11 is 0. The van der Waals surface area contributed by atoms with Crippen molar-refractivity contribution in [3.63, 3.8) is 0 Å². The molecule has 5 atom stereocenters. The number of phosphoric ester groups is 2. The largest absolute Gasteiger partial charge is 0.472 e. The number of phosphoric acid groups is 2. The predicted octanol–water partition coefficient (Wildman–Crippen LogP) is 21.1. The van der Waals surface area contributed by atoms with Gasteiger partial charge < -0.3 is 33.8 Å². The van der Waals surface area contributed by atoms with Crippen LogP contribution < -0.4 is 0 Å². The second kappa shape index (κ2) is 65.5. The first-order valence-corrected chi connectivity index (χ1v) is 40.8. The molecular formula is C74H140O17P2. The summed E-state index contributed by atoms with van der Waals surface area (Å²) in [5.41, 5.74) is 0. The van der Waals surface area contributed by atoms with E-state index in [1.807, 2.05) is 0 Å². The molecule has 0 aromatic heterocycles. The number of unbranched alkanes of at least 4 members (excludes halogenated alkanes) is 38. The van der Waals surface area contributed by atoms with Crippen LogP contribution in [0.15, 0.2) is 24.3 Å². The van der Waals surface area contributed by atoms with Crippen LogP contribution in [0.5, 0.6) is 0 Å². The standard InChI is InChI=1S/C74H140O17P2/c1-7-9-11-13-15-17-18-19-24-28-31-34-38-45-51-57-72(77)85-62-69(90-73(78)58-52-46-39-35-32-29-26-23-21-20-22-25-27-30-33-36-42-48-54-66(3)4)64-88-92(80,81)86-60-68(75)61-87-93(82,83)89-65-70(63-84-71(76)56-50-44-37-16-14-12-10-8-2)91-74(79)59-53-47-41-40-43-49-55-67(5)6/h17-19,24,66-70,75H,7-16,20-23,25-65H2,1-6H3,(H,80,81)(H,82,83)/b18-17-,24-19-/t68-,69-,70-/m1/s1. The molecule has 0 aliphatic heterocycles. The van der Waals surface area contributed by atoms with Crippen molar-refractivity contribution in [2.24, 2.45) is 11.8 Å². The van der Waals surface area contributed by atoms with Gasteiger partial charge in [-0.05, 0) is 63.2 Å². The number of carbonyl (C=O) groups is 4. The molecule has 548 valence electrons. The van der Waals surface area contributed by atoms with Gasteiger partial charge in [-0.25, -0.2) is 9.13 Å². The number of aliphatic hydroxyl groups excluding tert-OH is 1. The van der Waals surface area contributed by atoms with Crippen LogP contribution in [-0.2, 0) is 65.4 Å². The van der Waals surface area contributed by atoms with Gasteiger partial charge in [0.05, 0.1) is 26.4 Å². The first-order valence-electron chi connectivity index (χ1n) is 37.8. The zero-order chi connectivity index (χ0) is 68.6. The molecule has 0 spiro atoms. The Morgan fingerprint density at radius 3 is 0.882 bits per heavy atom. The molecule has 0 saturated carbocycles. The van der Waals surface area contributed by atoms with E-state index in [9.17, 15) is 43.2 Å². The van der Waals surface area contributed by atoms with Crippen LogP contribution in [0, 0.1) is 11.8 Å². The van der Waals surface area contributed by atoms with Gasteiger partial charge in [0.15, 0.2) is 12.2 Å². The molecule has 0 saturated heterocycles. The van der Waals surface area contributed by atoms with Crippen LogP contribution in [0.3, 0.4) is 0 Å². The first-order chi connectivity index (χ1) is 44.9. The van der Waals surface area contributed by atoms with Crippen molar-refractivity contribution in [2.45, 2.75) is 374 Å². The van der Waals surface area contributed by atoms with Crippen LogP contribution in [0.1, 0.15) is 356 Å². The van der Waals surface area contributed by atoms with Gasteiger partial charge in [0, 0.05) is 25.7 Å². The maximum atomic E-state index is 13.1. The molecule has 0 heterocycles. The summed E-state index contributed by atoms with van der Waals surface area (Å²) in [6.45, 7) is 9.42. The number of hydrogen-bond donors (Lipinski definition) is 3. The highest BCUT2D eigenvalue weighted by Gasteiger charge is 2.30. The van der Waals surface area contributed by atoms with Crippen LogP contribution >= 0.6 is 15.6 Å². The Balaban J connectivity index is 5.20. The van der Waals surface area contributed by atoms with Gasteiger partial charge in [-0.1, -0.05) is 303 Å². The summed E-state index contributed by atoms with van der Waals surface area (Å²) in [4.78, 5) is 72.5. The average molecular weight is 1360 g/mol. The minimum absolute atomic E-state index is 0.0997. The Kier molecular flexibility index (Phi) is 63.7. The molecule has 2 unspecified atom stereocenters. The second-order valence-corrected chi connectivity index (χ2v) is 29.9. The van der Waals surface area contributed by atoms with Gasteiger partial charge in [0.25, 0.3) is 0 Å². The molecule has 19 heteroatoms. The smallest absolute Gasteiger partial charge is 0.462 e. The Labute approximate surface area is 567 Å². The van der Waals surface area contributed by atoms with Crippen molar-refractivity contribution >= 4 is 39.5 Å². The van der Waals surface area contributed by atoms with E-state index in [-0.39, 0.29) is 25.7 Å². The molecule has 0 rings (SSSR count).